The molecule has 1 aromatic heterocycles. The number of fused-ring (bicyclic) bond motifs is 1. The van der Waals surface area contributed by atoms with E-state index in [1.165, 1.54) is 24.1 Å². The van der Waals surface area contributed by atoms with Crippen molar-refractivity contribution in [3.8, 4) is 0 Å². The summed E-state index contributed by atoms with van der Waals surface area (Å²) in [6.07, 6.45) is 9.39. The molecule has 2 aromatic rings. The second kappa shape index (κ2) is 10.3. The quantitative estimate of drug-likeness (QED) is 0.672. The van der Waals surface area contributed by atoms with Gasteiger partial charge in [0.05, 0.1) is 11.6 Å². The van der Waals surface area contributed by atoms with Crippen LogP contribution in [0.25, 0.3) is 0 Å². The Kier molecular flexibility index (Phi) is 7.28. The molecule has 0 aliphatic heterocycles. The number of carbonyl (C=O) groups is 1. The number of nitrogens with one attached hydrogen (secondary N) is 2. The third-order valence-corrected chi connectivity index (χ3v) is 6.92. The number of carbonyl (C=O) groups excluding carboxylic acids is 1. The number of anilines is 2. The molecule has 1 amide bonds. The number of hydrogen-bond donors (Lipinski definition) is 2. The first-order valence-corrected chi connectivity index (χ1v) is 12.2. The summed E-state index contributed by atoms with van der Waals surface area (Å²) in [5.41, 5.74) is 3.64. The molecule has 1 aromatic carbocycles. The molecule has 0 saturated heterocycles. The average molecular weight is 436 g/mol. The fourth-order valence-corrected chi connectivity index (χ4v) is 5.13. The van der Waals surface area contributed by atoms with Gasteiger partial charge in [-0.05, 0) is 63.4 Å². The van der Waals surface area contributed by atoms with Crippen LogP contribution < -0.4 is 15.5 Å². The van der Waals surface area contributed by atoms with E-state index in [0.29, 0.717) is 6.04 Å². The number of hydrogen-bond acceptors (Lipinski definition) is 5. The molecule has 32 heavy (non-hydrogen) atoms. The minimum Gasteiger partial charge on any atom is -0.362 e. The highest BCUT2D eigenvalue weighted by Crippen LogP contribution is 2.29. The van der Waals surface area contributed by atoms with Crippen LogP contribution in [0.5, 0.6) is 0 Å². The van der Waals surface area contributed by atoms with Crippen molar-refractivity contribution < 1.29 is 4.79 Å². The van der Waals surface area contributed by atoms with Crippen LogP contribution >= 0.6 is 0 Å². The van der Waals surface area contributed by atoms with E-state index >= 15 is 0 Å². The second-order valence-corrected chi connectivity index (χ2v) is 9.47. The predicted octanol–water partition coefficient (Wildman–Crippen LogP) is 4.45. The van der Waals surface area contributed by atoms with Gasteiger partial charge in [0, 0.05) is 31.7 Å². The van der Waals surface area contributed by atoms with Crippen LogP contribution in [0.1, 0.15) is 74.6 Å². The minimum atomic E-state index is -0.0691. The average Bonchev–Trinajstić information content (AvgIpc) is 2.81. The zero-order valence-electron chi connectivity index (χ0n) is 19.7. The Morgan fingerprint density at radius 1 is 1.03 bits per heavy atom. The maximum absolute atomic E-state index is 12.9. The topological polar surface area (TPSA) is 70.2 Å². The van der Waals surface area contributed by atoms with Gasteiger partial charge in [0.1, 0.15) is 5.82 Å². The summed E-state index contributed by atoms with van der Waals surface area (Å²) in [4.78, 5) is 24.7. The van der Waals surface area contributed by atoms with Crippen molar-refractivity contribution in [1.29, 1.82) is 0 Å². The molecule has 6 heteroatoms. The maximum atomic E-state index is 12.9. The van der Waals surface area contributed by atoms with Crippen molar-refractivity contribution in [2.45, 2.75) is 82.7 Å². The number of amides is 1. The Morgan fingerprint density at radius 2 is 1.72 bits per heavy atom. The number of benzene rings is 1. The van der Waals surface area contributed by atoms with Crippen LogP contribution in [0.3, 0.4) is 0 Å². The van der Waals surface area contributed by atoms with E-state index in [0.717, 1.165) is 62.3 Å². The molecule has 172 valence electrons. The van der Waals surface area contributed by atoms with Gasteiger partial charge < -0.3 is 15.5 Å². The Morgan fingerprint density at radius 3 is 2.41 bits per heavy atom. The second-order valence-electron chi connectivity index (χ2n) is 9.47. The summed E-state index contributed by atoms with van der Waals surface area (Å²) in [5.74, 6) is 1.91. The zero-order chi connectivity index (χ0) is 22.5. The van der Waals surface area contributed by atoms with Crippen LogP contribution in [-0.4, -0.2) is 42.1 Å². The number of rotatable bonds is 7. The first kappa shape index (κ1) is 22.6. The fraction of sp³-hybridized carbons (Fsp3) is 0.577. The largest absolute Gasteiger partial charge is 0.362 e. The molecular weight excluding hydrogens is 398 g/mol. The molecule has 1 fully saturated rings. The third kappa shape index (κ3) is 5.22. The maximum Gasteiger partial charge on any atom is 0.227 e. The molecule has 4 rings (SSSR count). The summed E-state index contributed by atoms with van der Waals surface area (Å²) in [7, 11) is 4.13. The predicted molar refractivity (Wildman–Crippen MR) is 130 cm³/mol. The van der Waals surface area contributed by atoms with Crippen molar-refractivity contribution in [2.24, 2.45) is 0 Å². The lowest BCUT2D eigenvalue weighted by molar-refractivity contribution is -0.123. The fourth-order valence-electron chi connectivity index (χ4n) is 5.13. The normalized spacial score (nSPS) is 21.3. The van der Waals surface area contributed by atoms with Crippen LogP contribution in [-0.2, 0) is 17.6 Å². The van der Waals surface area contributed by atoms with Crippen molar-refractivity contribution in [2.75, 3.05) is 24.3 Å². The van der Waals surface area contributed by atoms with Gasteiger partial charge >= 0.3 is 0 Å². The standard InChI is InChI=1S/C26H37N5O/c1-4-21(18-10-6-5-7-11-18)25(32)27-19-14-16-20(17-15-19)28-26-29-23-13-9-8-12-22(23)24(30-26)31(2)3/h5-7,10-11,19-21H,4,8-9,12-17H2,1-3H3,(H,27,32)(H,28,29,30)/t19-,20+,21?. The van der Waals surface area contributed by atoms with Gasteiger partial charge in [-0.3, -0.25) is 4.79 Å². The smallest absolute Gasteiger partial charge is 0.227 e. The first-order chi connectivity index (χ1) is 15.5. The lowest BCUT2D eigenvalue weighted by atomic mass is 9.89. The van der Waals surface area contributed by atoms with Crippen LogP contribution in [0, 0.1) is 0 Å². The molecule has 2 aliphatic carbocycles. The lowest BCUT2D eigenvalue weighted by Crippen LogP contribution is -2.42. The summed E-state index contributed by atoms with van der Waals surface area (Å²) < 4.78 is 0. The highest BCUT2D eigenvalue weighted by atomic mass is 16.1. The number of nitrogens with zero attached hydrogens (tertiary/aromatic N) is 3. The van der Waals surface area contributed by atoms with Gasteiger partial charge in [0.15, 0.2) is 0 Å². The van der Waals surface area contributed by atoms with Crippen LogP contribution in [0.4, 0.5) is 11.8 Å². The molecule has 0 spiro atoms. The van der Waals surface area contributed by atoms with Crippen molar-refractivity contribution in [3.63, 3.8) is 0 Å². The Bertz CT molecular complexity index is 906. The molecule has 0 radical (unpaired) electrons. The summed E-state index contributed by atoms with van der Waals surface area (Å²) in [5, 5.41) is 6.91. The molecule has 1 saturated carbocycles. The van der Waals surface area contributed by atoms with E-state index in [1.807, 2.05) is 18.2 Å². The summed E-state index contributed by atoms with van der Waals surface area (Å²) in [6.45, 7) is 2.08. The van der Waals surface area contributed by atoms with Gasteiger partial charge in [0.25, 0.3) is 0 Å². The highest BCUT2D eigenvalue weighted by Gasteiger charge is 2.27. The van der Waals surface area contributed by atoms with Crippen LogP contribution in [0.2, 0.25) is 0 Å². The van der Waals surface area contributed by atoms with Crippen molar-refractivity contribution >= 4 is 17.7 Å². The van der Waals surface area contributed by atoms with Gasteiger partial charge in [-0.25, -0.2) is 4.98 Å². The van der Waals surface area contributed by atoms with Crippen LogP contribution in [0.15, 0.2) is 30.3 Å². The monoisotopic (exact) mass is 435 g/mol. The first-order valence-electron chi connectivity index (χ1n) is 12.2. The molecule has 0 bridgehead atoms. The zero-order valence-corrected chi connectivity index (χ0v) is 19.7. The van der Waals surface area contributed by atoms with Gasteiger partial charge in [0.2, 0.25) is 11.9 Å². The van der Waals surface area contributed by atoms with E-state index in [9.17, 15) is 4.79 Å². The molecule has 1 unspecified atom stereocenters. The van der Waals surface area contributed by atoms with E-state index < -0.39 is 0 Å². The molecule has 1 atom stereocenters. The highest BCUT2D eigenvalue weighted by molar-refractivity contribution is 5.83. The number of aromatic nitrogens is 2. The van der Waals surface area contributed by atoms with Gasteiger partial charge in [-0.2, -0.15) is 4.98 Å². The van der Waals surface area contributed by atoms with Crippen molar-refractivity contribution in [1.82, 2.24) is 15.3 Å². The van der Waals surface area contributed by atoms with E-state index in [4.69, 9.17) is 9.97 Å². The molecular formula is C26H37N5O. The summed E-state index contributed by atoms with van der Waals surface area (Å²) >= 11 is 0. The molecule has 6 nitrogen and oxygen atoms in total. The Hall–Kier alpha value is -2.63. The van der Waals surface area contributed by atoms with Crippen molar-refractivity contribution in [3.05, 3.63) is 47.2 Å². The van der Waals surface area contributed by atoms with Gasteiger partial charge in [-0.15, -0.1) is 0 Å². The Balaban J connectivity index is 1.33. The van der Waals surface area contributed by atoms with E-state index in [-0.39, 0.29) is 17.9 Å². The molecule has 2 N–H and O–H groups in total. The number of aryl methyl sites for hydroxylation is 1. The summed E-state index contributed by atoms with van der Waals surface area (Å²) in [6, 6.07) is 10.7. The van der Waals surface area contributed by atoms with E-state index in [1.54, 1.807) is 0 Å². The Labute approximate surface area is 192 Å². The van der Waals surface area contributed by atoms with E-state index in [2.05, 4.69) is 48.7 Å². The minimum absolute atomic E-state index is 0.0691. The SMILES string of the molecule is CCC(C(=O)N[C@H]1CC[C@@H](Nc2nc3c(c(N(C)C)n2)CCCC3)CC1)c1ccccc1. The third-order valence-electron chi connectivity index (χ3n) is 6.92. The lowest BCUT2D eigenvalue weighted by Gasteiger charge is -2.31. The van der Waals surface area contributed by atoms with Gasteiger partial charge in [-0.1, -0.05) is 37.3 Å². The molecule has 2 aliphatic rings. The molecule has 1 heterocycles.